The topological polar surface area (TPSA) is 52.7 Å². The minimum absolute atomic E-state index is 0.0135. The van der Waals surface area contributed by atoms with Crippen molar-refractivity contribution in [1.29, 1.82) is 0 Å². The summed E-state index contributed by atoms with van der Waals surface area (Å²) in [5.41, 5.74) is 1.04. The Morgan fingerprint density at radius 2 is 1.88 bits per heavy atom. The monoisotopic (exact) mass is 455 g/mol. The molecule has 32 heavy (non-hydrogen) atoms. The molecule has 2 heterocycles. The van der Waals surface area contributed by atoms with E-state index in [4.69, 9.17) is 0 Å². The average Bonchev–Trinajstić information content (AvgIpc) is 2.81. The van der Waals surface area contributed by atoms with Gasteiger partial charge in [-0.3, -0.25) is 9.59 Å². The lowest BCUT2D eigenvalue weighted by atomic mass is 9.93. The minimum Gasteiger partial charge on any atom is -0.355 e. The lowest BCUT2D eigenvalue weighted by molar-refractivity contribution is -0.135. The van der Waals surface area contributed by atoms with Gasteiger partial charge in [-0.25, -0.2) is 0 Å². The predicted octanol–water partition coefficient (Wildman–Crippen LogP) is 4.15. The van der Waals surface area contributed by atoms with Crippen molar-refractivity contribution >= 4 is 29.7 Å². The van der Waals surface area contributed by atoms with E-state index in [0.717, 1.165) is 48.6 Å². The van der Waals surface area contributed by atoms with E-state index < -0.39 is 0 Å². The van der Waals surface area contributed by atoms with Crippen LogP contribution in [0.4, 0.5) is 0 Å². The van der Waals surface area contributed by atoms with Gasteiger partial charge in [-0.1, -0.05) is 50.1 Å². The number of carbonyl (C=O) groups excluding carboxylic acids is 2. The summed E-state index contributed by atoms with van der Waals surface area (Å²) in [5, 5.41) is 3.47. The van der Waals surface area contributed by atoms with Crippen LogP contribution in [0.15, 0.2) is 35.2 Å². The molecule has 0 radical (unpaired) electrons. The summed E-state index contributed by atoms with van der Waals surface area (Å²) in [7, 11) is 0. The van der Waals surface area contributed by atoms with Crippen molar-refractivity contribution in [1.82, 2.24) is 15.1 Å². The fourth-order valence-electron chi connectivity index (χ4n) is 5.09. The van der Waals surface area contributed by atoms with E-state index in [9.17, 15) is 9.59 Å². The van der Waals surface area contributed by atoms with Crippen LogP contribution < -0.4 is 5.32 Å². The molecule has 5 nitrogen and oxygen atoms in total. The van der Waals surface area contributed by atoms with Crippen molar-refractivity contribution in [2.45, 2.75) is 63.2 Å². The first kappa shape index (κ1) is 23.4. The van der Waals surface area contributed by atoms with Crippen LogP contribution in [0.25, 0.3) is 6.08 Å². The molecule has 1 aliphatic carbocycles. The molecule has 6 heteroatoms. The number of rotatable bonds is 7. The van der Waals surface area contributed by atoms with Crippen LogP contribution in [0.3, 0.4) is 0 Å². The highest BCUT2D eigenvalue weighted by Crippen LogP contribution is 2.42. The molecule has 2 aliphatic heterocycles. The van der Waals surface area contributed by atoms with Gasteiger partial charge in [0.05, 0.1) is 4.91 Å². The fourth-order valence-corrected chi connectivity index (χ4v) is 6.56. The predicted molar refractivity (Wildman–Crippen MR) is 132 cm³/mol. The van der Waals surface area contributed by atoms with Gasteiger partial charge in [0.2, 0.25) is 5.91 Å². The molecule has 2 atom stereocenters. The number of nitrogens with zero attached hydrogens (tertiary/aromatic N) is 2. The first-order valence-corrected chi connectivity index (χ1v) is 13.2. The molecule has 0 spiro atoms. The van der Waals surface area contributed by atoms with Gasteiger partial charge in [-0.2, -0.15) is 0 Å². The van der Waals surface area contributed by atoms with Gasteiger partial charge in [0, 0.05) is 17.8 Å². The number of likely N-dealkylation sites (tertiary alicyclic amines) is 1. The zero-order chi connectivity index (χ0) is 22.3. The van der Waals surface area contributed by atoms with E-state index in [1.54, 1.807) is 11.8 Å². The number of nitrogens with one attached hydrogen (secondary N) is 1. The molecule has 1 saturated carbocycles. The number of hydrogen-bond acceptors (Lipinski definition) is 4. The third-order valence-corrected chi connectivity index (χ3v) is 8.48. The molecule has 1 aromatic rings. The molecule has 3 fully saturated rings. The first-order chi connectivity index (χ1) is 15.6. The van der Waals surface area contributed by atoms with Gasteiger partial charge >= 0.3 is 0 Å². The van der Waals surface area contributed by atoms with Crippen molar-refractivity contribution in [2.75, 3.05) is 32.7 Å². The van der Waals surface area contributed by atoms with Gasteiger partial charge in [0.15, 0.2) is 0 Å². The summed E-state index contributed by atoms with van der Waals surface area (Å²) in [6.45, 7) is 6.58. The highest BCUT2D eigenvalue weighted by atomic mass is 32.2. The molecular weight excluding hydrogens is 418 g/mol. The van der Waals surface area contributed by atoms with Gasteiger partial charge in [0.1, 0.15) is 6.54 Å². The Hall–Kier alpha value is -1.79. The Labute approximate surface area is 197 Å². The van der Waals surface area contributed by atoms with Crippen molar-refractivity contribution in [3.05, 3.63) is 40.8 Å². The lowest BCUT2D eigenvalue weighted by Crippen LogP contribution is -2.54. The Balaban J connectivity index is 1.32. The van der Waals surface area contributed by atoms with Gasteiger partial charge in [-0.05, 0) is 69.3 Å². The maximum atomic E-state index is 13.3. The number of fused-ring (bicyclic) bond motifs is 1. The number of carbonyl (C=O) groups is 2. The van der Waals surface area contributed by atoms with Crippen molar-refractivity contribution in [3.63, 3.8) is 0 Å². The number of benzene rings is 1. The van der Waals surface area contributed by atoms with Crippen LogP contribution >= 0.6 is 11.8 Å². The van der Waals surface area contributed by atoms with E-state index >= 15 is 0 Å². The van der Waals surface area contributed by atoms with E-state index in [1.807, 2.05) is 41.3 Å². The van der Waals surface area contributed by atoms with E-state index in [2.05, 4.69) is 17.1 Å². The molecule has 1 aromatic carbocycles. The molecule has 3 aliphatic rings. The highest BCUT2D eigenvalue weighted by molar-refractivity contribution is 8.04. The largest absolute Gasteiger partial charge is 0.355 e. The Kier molecular flexibility index (Phi) is 8.31. The molecule has 174 valence electrons. The highest BCUT2D eigenvalue weighted by Gasteiger charge is 2.41. The van der Waals surface area contributed by atoms with Crippen LogP contribution in [0.5, 0.6) is 0 Å². The molecule has 1 N–H and O–H groups in total. The molecule has 2 unspecified atom stereocenters. The first-order valence-electron chi connectivity index (χ1n) is 12.3. The average molecular weight is 456 g/mol. The Bertz CT molecular complexity index is 805. The van der Waals surface area contributed by atoms with Crippen LogP contribution in [0, 0.1) is 5.92 Å². The zero-order valence-electron chi connectivity index (χ0n) is 19.3. The Morgan fingerprint density at radius 3 is 2.66 bits per heavy atom. The maximum absolute atomic E-state index is 13.3. The lowest BCUT2D eigenvalue weighted by Gasteiger charge is -2.43. The molecule has 2 amide bonds. The SMILES string of the molecule is CC1CCN(CCCNC(=O)CN2C(=O)/C(=C/c3ccccc3)SC3CCCCC32)CC1. The van der Waals surface area contributed by atoms with E-state index in [0.29, 0.717) is 11.8 Å². The molecule has 0 bridgehead atoms. The molecular formula is C26H37N3O2S. The number of thioether (sulfide) groups is 1. The number of hydrogen-bond donors (Lipinski definition) is 1. The van der Waals surface area contributed by atoms with E-state index in [1.165, 1.54) is 32.4 Å². The van der Waals surface area contributed by atoms with Crippen LogP contribution in [0.2, 0.25) is 0 Å². The third-order valence-electron chi connectivity index (χ3n) is 7.08. The van der Waals surface area contributed by atoms with Crippen LogP contribution in [0.1, 0.15) is 57.4 Å². The summed E-state index contributed by atoms with van der Waals surface area (Å²) in [6.07, 6.45) is 9.97. The maximum Gasteiger partial charge on any atom is 0.261 e. The summed E-state index contributed by atoms with van der Waals surface area (Å²) in [5.74, 6) is 0.830. The Morgan fingerprint density at radius 1 is 1.12 bits per heavy atom. The molecule has 2 saturated heterocycles. The second-order valence-electron chi connectivity index (χ2n) is 9.59. The summed E-state index contributed by atoms with van der Waals surface area (Å²) < 4.78 is 0. The van der Waals surface area contributed by atoms with E-state index in [-0.39, 0.29) is 24.4 Å². The van der Waals surface area contributed by atoms with Crippen molar-refractivity contribution in [2.24, 2.45) is 5.92 Å². The number of amides is 2. The summed E-state index contributed by atoms with van der Waals surface area (Å²) in [4.78, 5) is 31.2. The van der Waals surface area contributed by atoms with Gasteiger partial charge < -0.3 is 15.1 Å². The third kappa shape index (κ3) is 6.16. The van der Waals surface area contributed by atoms with Gasteiger partial charge in [-0.15, -0.1) is 11.8 Å². The molecule has 4 rings (SSSR count). The van der Waals surface area contributed by atoms with Crippen molar-refractivity contribution < 1.29 is 9.59 Å². The number of piperidine rings is 1. The molecule has 0 aromatic heterocycles. The smallest absolute Gasteiger partial charge is 0.261 e. The minimum atomic E-state index is -0.0269. The summed E-state index contributed by atoms with van der Waals surface area (Å²) >= 11 is 1.72. The summed E-state index contributed by atoms with van der Waals surface area (Å²) in [6, 6.07) is 10.2. The normalized spacial score (nSPS) is 26.2. The second-order valence-corrected chi connectivity index (χ2v) is 10.9. The fraction of sp³-hybridized carbons (Fsp3) is 0.615. The van der Waals surface area contributed by atoms with Gasteiger partial charge in [0.25, 0.3) is 5.91 Å². The van der Waals surface area contributed by atoms with Crippen LogP contribution in [-0.4, -0.2) is 65.6 Å². The van der Waals surface area contributed by atoms with Crippen molar-refractivity contribution in [3.8, 4) is 0 Å². The quantitative estimate of drug-likeness (QED) is 0.496. The standard InChI is InChI=1S/C26H37N3O2S/c1-20-12-16-28(17-13-20)15-7-14-27-25(30)19-29-22-10-5-6-11-23(22)32-24(26(29)31)18-21-8-3-2-4-9-21/h2-4,8-9,18,20,22-23H,5-7,10-17,19H2,1H3,(H,27,30)/b24-18-. The van der Waals surface area contributed by atoms with Crippen LogP contribution in [-0.2, 0) is 9.59 Å². The zero-order valence-corrected chi connectivity index (χ0v) is 20.1. The second kappa shape index (κ2) is 11.4.